The number of ether oxygens (including phenoxy) is 3. The van der Waals surface area contributed by atoms with Crippen molar-refractivity contribution in [3.8, 4) is 0 Å². The Balaban J connectivity index is 1.84. The van der Waals surface area contributed by atoms with Crippen LogP contribution in [0.2, 0.25) is 0 Å². The molecule has 3 aliphatic heterocycles. The first-order valence-corrected chi connectivity index (χ1v) is 7.50. The van der Waals surface area contributed by atoms with E-state index in [1.54, 1.807) is 0 Å². The molecule has 4 rings (SSSR count). The minimum absolute atomic E-state index is 0.201. The maximum absolute atomic E-state index is 13.1. The molecule has 2 saturated heterocycles. The lowest BCUT2D eigenvalue weighted by atomic mass is 10.1. The van der Waals surface area contributed by atoms with Crippen LogP contribution in [-0.4, -0.2) is 36.7 Å². The molecule has 2 fully saturated rings. The lowest BCUT2D eigenvalue weighted by Gasteiger charge is -2.25. The zero-order chi connectivity index (χ0) is 15.5. The number of hydrogen-bond acceptors (Lipinski definition) is 5. The van der Waals surface area contributed by atoms with Gasteiger partial charge in [0.25, 0.3) is 11.7 Å². The van der Waals surface area contributed by atoms with Crippen molar-refractivity contribution >= 4 is 17.6 Å². The molecule has 1 amide bonds. The predicted molar refractivity (Wildman–Crippen MR) is 76.1 cm³/mol. The molecule has 1 aromatic rings. The Morgan fingerprint density at radius 1 is 1.14 bits per heavy atom. The molecule has 6 nitrogen and oxygen atoms in total. The summed E-state index contributed by atoms with van der Waals surface area (Å²) in [5.74, 6) is -2.15. The molecule has 0 bridgehead atoms. The van der Waals surface area contributed by atoms with E-state index in [4.69, 9.17) is 14.2 Å². The van der Waals surface area contributed by atoms with Gasteiger partial charge in [0.2, 0.25) is 0 Å². The number of esters is 1. The Hall–Kier alpha value is -1.92. The van der Waals surface area contributed by atoms with Gasteiger partial charge in [-0.2, -0.15) is 0 Å². The van der Waals surface area contributed by atoms with Crippen LogP contribution >= 0.6 is 0 Å². The molecule has 0 saturated carbocycles. The predicted octanol–water partition coefficient (Wildman–Crippen LogP) is 1.33. The summed E-state index contributed by atoms with van der Waals surface area (Å²) in [5, 5.41) is 0. The fourth-order valence-electron chi connectivity index (χ4n) is 3.35. The number of para-hydroxylation sites is 1. The van der Waals surface area contributed by atoms with Gasteiger partial charge < -0.3 is 14.2 Å². The second-order valence-electron chi connectivity index (χ2n) is 5.93. The fraction of sp³-hybridized carbons (Fsp3) is 0.500. The second kappa shape index (κ2) is 4.54. The standard InChI is InChI=1S/C16H17NO5/c1-9-10(2)22-16(21-9)11-5-3-4-6-12(11)17(15(16)19)13-7-8-20-14(13)18/h3-6,9-10,13H,7-8H2,1-2H3/t9-,10-,13-/m1/s1. The van der Waals surface area contributed by atoms with Gasteiger partial charge in [-0.25, -0.2) is 4.79 Å². The minimum atomic E-state index is -1.43. The fourth-order valence-corrected chi connectivity index (χ4v) is 3.35. The SMILES string of the molecule is C[C@H]1OC2(O[C@@H]1C)C(=O)N([C@@H]1CCOC1=O)c1ccccc12. The summed E-state index contributed by atoms with van der Waals surface area (Å²) in [6.07, 6.45) is 0.0834. The lowest BCUT2D eigenvalue weighted by Crippen LogP contribution is -2.47. The molecule has 0 unspecified atom stereocenters. The van der Waals surface area contributed by atoms with E-state index in [1.165, 1.54) is 4.90 Å². The number of fused-ring (bicyclic) bond motifs is 2. The first-order chi connectivity index (χ1) is 10.5. The Morgan fingerprint density at radius 3 is 2.45 bits per heavy atom. The number of amides is 1. The van der Waals surface area contributed by atoms with E-state index >= 15 is 0 Å². The van der Waals surface area contributed by atoms with E-state index < -0.39 is 11.8 Å². The van der Waals surface area contributed by atoms with Crippen LogP contribution in [0.1, 0.15) is 25.8 Å². The molecular formula is C16H17NO5. The third-order valence-electron chi connectivity index (χ3n) is 4.60. The maximum Gasteiger partial charge on any atom is 0.329 e. The van der Waals surface area contributed by atoms with Crippen LogP contribution in [0.25, 0.3) is 0 Å². The summed E-state index contributed by atoms with van der Waals surface area (Å²) in [7, 11) is 0. The van der Waals surface area contributed by atoms with Crippen LogP contribution in [0.15, 0.2) is 24.3 Å². The van der Waals surface area contributed by atoms with Gasteiger partial charge in [0.15, 0.2) is 0 Å². The molecule has 0 aliphatic carbocycles. The number of carbonyl (C=O) groups excluding carboxylic acids is 2. The van der Waals surface area contributed by atoms with Crippen molar-refractivity contribution in [2.45, 2.75) is 44.3 Å². The van der Waals surface area contributed by atoms with Crippen molar-refractivity contribution in [3.05, 3.63) is 29.8 Å². The van der Waals surface area contributed by atoms with Crippen LogP contribution in [0.5, 0.6) is 0 Å². The van der Waals surface area contributed by atoms with Gasteiger partial charge in [0.05, 0.1) is 24.5 Å². The third-order valence-corrected chi connectivity index (χ3v) is 4.60. The molecular weight excluding hydrogens is 286 g/mol. The molecule has 3 aliphatic rings. The van der Waals surface area contributed by atoms with Crippen LogP contribution in [0, 0.1) is 0 Å². The largest absolute Gasteiger partial charge is 0.464 e. The smallest absolute Gasteiger partial charge is 0.329 e. The van der Waals surface area contributed by atoms with Gasteiger partial charge in [-0.1, -0.05) is 18.2 Å². The van der Waals surface area contributed by atoms with E-state index in [0.29, 0.717) is 24.3 Å². The normalized spacial score (nSPS) is 32.6. The summed E-state index contributed by atoms with van der Waals surface area (Å²) >= 11 is 0. The molecule has 3 heterocycles. The van der Waals surface area contributed by atoms with Crippen molar-refractivity contribution < 1.29 is 23.8 Å². The zero-order valence-electron chi connectivity index (χ0n) is 12.4. The Bertz CT molecular complexity index is 648. The van der Waals surface area contributed by atoms with Gasteiger partial charge in [0.1, 0.15) is 6.04 Å². The highest BCUT2D eigenvalue weighted by Gasteiger charge is 2.61. The number of carbonyl (C=O) groups is 2. The second-order valence-corrected chi connectivity index (χ2v) is 5.93. The van der Waals surface area contributed by atoms with Crippen molar-refractivity contribution in [3.63, 3.8) is 0 Å². The van der Waals surface area contributed by atoms with Gasteiger partial charge in [-0.15, -0.1) is 0 Å². The number of cyclic esters (lactones) is 1. The van der Waals surface area contributed by atoms with Crippen molar-refractivity contribution in [2.75, 3.05) is 11.5 Å². The van der Waals surface area contributed by atoms with E-state index in [2.05, 4.69) is 0 Å². The van der Waals surface area contributed by atoms with E-state index in [0.717, 1.165) is 0 Å². The topological polar surface area (TPSA) is 65.1 Å². The summed E-state index contributed by atoms with van der Waals surface area (Å²) < 4.78 is 16.9. The average Bonchev–Trinajstić information content (AvgIpc) is 3.11. The maximum atomic E-state index is 13.1. The van der Waals surface area contributed by atoms with Crippen LogP contribution in [0.3, 0.4) is 0 Å². The molecule has 6 heteroatoms. The van der Waals surface area contributed by atoms with E-state index in [-0.39, 0.29) is 24.1 Å². The highest BCUT2D eigenvalue weighted by molar-refractivity contribution is 6.10. The number of nitrogens with zero attached hydrogens (tertiary/aromatic N) is 1. The first kappa shape index (κ1) is 13.7. The minimum Gasteiger partial charge on any atom is -0.464 e. The quantitative estimate of drug-likeness (QED) is 0.732. The Morgan fingerprint density at radius 2 is 1.82 bits per heavy atom. The molecule has 1 spiro atoms. The number of anilines is 1. The van der Waals surface area contributed by atoms with Gasteiger partial charge in [-0.05, 0) is 19.9 Å². The molecule has 0 radical (unpaired) electrons. The number of hydrogen-bond donors (Lipinski definition) is 0. The molecule has 116 valence electrons. The molecule has 1 aromatic carbocycles. The van der Waals surface area contributed by atoms with Crippen LogP contribution in [-0.2, 0) is 29.6 Å². The number of rotatable bonds is 1. The molecule has 0 aromatic heterocycles. The Kier molecular flexibility index (Phi) is 2.83. The van der Waals surface area contributed by atoms with E-state index in [9.17, 15) is 9.59 Å². The molecule has 3 atom stereocenters. The average molecular weight is 303 g/mol. The van der Waals surface area contributed by atoms with Crippen molar-refractivity contribution in [1.82, 2.24) is 0 Å². The highest BCUT2D eigenvalue weighted by atomic mass is 16.8. The highest BCUT2D eigenvalue weighted by Crippen LogP contribution is 2.49. The summed E-state index contributed by atoms with van der Waals surface area (Å²) in [6, 6.07) is 6.70. The van der Waals surface area contributed by atoms with Gasteiger partial charge in [0, 0.05) is 12.0 Å². The molecule has 22 heavy (non-hydrogen) atoms. The molecule has 0 N–H and O–H groups in total. The lowest BCUT2D eigenvalue weighted by molar-refractivity contribution is -0.189. The van der Waals surface area contributed by atoms with Crippen LogP contribution in [0.4, 0.5) is 5.69 Å². The van der Waals surface area contributed by atoms with Gasteiger partial charge in [-0.3, -0.25) is 9.69 Å². The zero-order valence-corrected chi connectivity index (χ0v) is 12.4. The Labute approximate surface area is 127 Å². The first-order valence-electron chi connectivity index (χ1n) is 7.50. The third kappa shape index (κ3) is 1.62. The van der Waals surface area contributed by atoms with Crippen molar-refractivity contribution in [2.24, 2.45) is 0 Å². The van der Waals surface area contributed by atoms with Gasteiger partial charge >= 0.3 is 5.97 Å². The van der Waals surface area contributed by atoms with Crippen LogP contribution < -0.4 is 4.90 Å². The summed E-state index contributed by atoms with van der Waals surface area (Å²) in [6.45, 7) is 4.08. The summed E-state index contributed by atoms with van der Waals surface area (Å²) in [4.78, 5) is 26.5. The summed E-state index contributed by atoms with van der Waals surface area (Å²) in [5.41, 5.74) is 1.33. The number of benzene rings is 1. The van der Waals surface area contributed by atoms with Crippen molar-refractivity contribution in [1.29, 1.82) is 0 Å². The monoisotopic (exact) mass is 303 g/mol. The van der Waals surface area contributed by atoms with E-state index in [1.807, 2.05) is 38.1 Å².